The van der Waals surface area contributed by atoms with Crippen LogP contribution in [0.2, 0.25) is 0 Å². The van der Waals surface area contributed by atoms with Gasteiger partial charge in [-0.05, 0) is 25.5 Å². The van der Waals surface area contributed by atoms with Crippen molar-refractivity contribution in [1.82, 2.24) is 5.32 Å². The highest BCUT2D eigenvalue weighted by Gasteiger charge is 2.21. The highest BCUT2D eigenvalue weighted by Crippen LogP contribution is 2.29. The molecule has 0 spiro atoms. The first-order chi connectivity index (χ1) is 7.22. The molecule has 1 atom stereocenters. The van der Waals surface area contributed by atoms with Crippen molar-refractivity contribution in [2.45, 2.75) is 18.9 Å². The molecule has 0 amide bonds. The maximum Gasteiger partial charge on any atom is 0.165 e. The van der Waals surface area contributed by atoms with Gasteiger partial charge in [-0.1, -0.05) is 0 Å². The normalized spacial score (nSPS) is 20.6. The van der Waals surface area contributed by atoms with Crippen LogP contribution in [0.3, 0.4) is 0 Å². The van der Waals surface area contributed by atoms with E-state index in [1.165, 1.54) is 13.2 Å². The Kier molecular flexibility index (Phi) is 2.86. The summed E-state index contributed by atoms with van der Waals surface area (Å²) in [5, 5.41) is 3.13. The van der Waals surface area contributed by atoms with Crippen LogP contribution in [-0.2, 0) is 0 Å². The second kappa shape index (κ2) is 4.14. The number of ether oxygens (including phenoxy) is 1. The van der Waals surface area contributed by atoms with Crippen LogP contribution in [0.25, 0.3) is 0 Å². The predicted molar refractivity (Wildman–Crippen MR) is 52.9 cm³/mol. The van der Waals surface area contributed by atoms with E-state index in [0.717, 1.165) is 25.5 Å². The van der Waals surface area contributed by atoms with Gasteiger partial charge in [0.2, 0.25) is 0 Å². The minimum Gasteiger partial charge on any atom is -0.494 e. The van der Waals surface area contributed by atoms with Crippen LogP contribution < -0.4 is 10.1 Å². The number of halogens is 2. The van der Waals surface area contributed by atoms with E-state index in [1.54, 1.807) is 0 Å². The van der Waals surface area contributed by atoms with Crippen molar-refractivity contribution in [2.75, 3.05) is 13.7 Å². The van der Waals surface area contributed by atoms with E-state index in [2.05, 4.69) is 5.32 Å². The fourth-order valence-corrected chi connectivity index (χ4v) is 1.92. The van der Waals surface area contributed by atoms with Gasteiger partial charge < -0.3 is 10.1 Å². The first-order valence-electron chi connectivity index (χ1n) is 4.98. The predicted octanol–water partition coefficient (Wildman–Crippen LogP) is 2.40. The van der Waals surface area contributed by atoms with E-state index in [9.17, 15) is 8.78 Å². The molecule has 0 bridgehead atoms. The summed E-state index contributed by atoms with van der Waals surface area (Å²) in [4.78, 5) is 0. The minimum absolute atomic E-state index is 0.0470. The smallest absolute Gasteiger partial charge is 0.165 e. The Morgan fingerprint density at radius 1 is 1.33 bits per heavy atom. The van der Waals surface area contributed by atoms with Gasteiger partial charge >= 0.3 is 0 Å². The first-order valence-corrected chi connectivity index (χ1v) is 4.98. The van der Waals surface area contributed by atoms with Crippen LogP contribution in [0.4, 0.5) is 8.78 Å². The number of hydrogen-bond donors (Lipinski definition) is 1. The molecule has 1 aliphatic rings. The summed E-state index contributed by atoms with van der Waals surface area (Å²) < 4.78 is 31.7. The molecule has 4 heteroatoms. The van der Waals surface area contributed by atoms with Gasteiger partial charge in [0.25, 0.3) is 0 Å². The summed E-state index contributed by atoms with van der Waals surface area (Å²) in [5.74, 6) is -0.968. The number of hydrogen-bond acceptors (Lipinski definition) is 2. The summed E-state index contributed by atoms with van der Waals surface area (Å²) in [7, 11) is 1.32. The summed E-state index contributed by atoms with van der Waals surface area (Å²) in [6.45, 7) is 0.859. The Morgan fingerprint density at radius 3 is 2.73 bits per heavy atom. The standard InChI is InChI=1S/C11H13F2NO/c1-15-11-6-8(12)7(5-9(11)13)10-3-2-4-14-10/h5-6,10,14H,2-4H2,1H3. The zero-order chi connectivity index (χ0) is 10.8. The molecule has 1 aliphatic heterocycles. The quantitative estimate of drug-likeness (QED) is 0.814. The molecule has 1 saturated heterocycles. The van der Waals surface area contributed by atoms with Crippen molar-refractivity contribution < 1.29 is 13.5 Å². The van der Waals surface area contributed by atoms with Crippen LogP contribution >= 0.6 is 0 Å². The van der Waals surface area contributed by atoms with Gasteiger partial charge in [-0.2, -0.15) is 0 Å². The molecule has 2 rings (SSSR count). The molecule has 0 saturated carbocycles. The van der Waals surface area contributed by atoms with E-state index in [0.29, 0.717) is 5.56 Å². The van der Waals surface area contributed by atoms with Crippen molar-refractivity contribution in [1.29, 1.82) is 0 Å². The summed E-state index contributed by atoms with van der Waals surface area (Å²) in [6, 6.07) is 2.26. The fourth-order valence-electron chi connectivity index (χ4n) is 1.92. The molecule has 0 aromatic heterocycles. The molecule has 82 valence electrons. The molecular weight excluding hydrogens is 200 g/mol. The SMILES string of the molecule is COc1cc(F)c(C2CCCN2)cc1F. The van der Waals surface area contributed by atoms with Gasteiger partial charge in [0.05, 0.1) is 7.11 Å². The molecular formula is C11H13F2NO. The Labute approximate surface area is 87.2 Å². The third kappa shape index (κ3) is 1.95. The highest BCUT2D eigenvalue weighted by atomic mass is 19.1. The lowest BCUT2D eigenvalue weighted by atomic mass is 10.0. The van der Waals surface area contributed by atoms with E-state index in [1.807, 2.05) is 0 Å². The molecule has 0 aliphatic carbocycles. The molecule has 1 aromatic carbocycles. The van der Waals surface area contributed by atoms with E-state index < -0.39 is 11.6 Å². The molecule has 2 nitrogen and oxygen atoms in total. The van der Waals surface area contributed by atoms with Crippen LogP contribution in [0, 0.1) is 11.6 Å². The monoisotopic (exact) mass is 213 g/mol. The minimum atomic E-state index is -0.511. The molecule has 1 fully saturated rings. The second-order valence-corrected chi connectivity index (χ2v) is 3.66. The fraction of sp³-hybridized carbons (Fsp3) is 0.455. The second-order valence-electron chi connectivity index (χ2n) is 3.66. The van der Waals surface area contributed by atoms with E-state index in [-0.39, 0.29) is 11.8 Å². The lowest BCUT2D eigenvalue weighted by Gasteiger charge is -2.13. The van der Waals surface area contributed by atoms with Crippen molar-refractivity contribution in [2.24, 2.45) is 0 Å². The lowest BCUT2D eigenvalue weighted by molar-refractivity contribution is 0.380. The molecule has 1 N–H and O–H groups in total. The van der Waals surface area contributed by atoms with Crippen LogP contribution in [-0.4, -0.2) is 13.7 Å². The van der Waals surface area contributed by atoms with Crippen LogP contribution in [0.5, 0.6) is 5.75 Å². The zero-order valence-corrected chi connectivity index (χ0v) is 8.52. The first kappa shape index (κ1) is 10.4. The maximum absolute atomic E-state index is 13.6. The molecule has 1 unspecified atom stereocenters. The van der Waals surface area contributed by atoms with E-state index >= 15 is 0 Å². The van der Waals surface area contributed by atoms with Crippen molar-refractivity contribution >= 4 is 0 Å². The summed E-state index contributed by atoms with van der Waals surface area (Å²) in [5.41, 5.74) is 0.394. The maximum atomic E-state index is 13.6. The van der Waals surface area contributed by atoms with Crippen molar-refractivity contribution in [3.05, 3.63) is 29.3 Å². The van der Waals surface area contributed by atoms with Gasteiger partial charge in [0, 0.05) is 17.7 Å². The Morgan fingerprint density at radius 2 is 2.13 bits per heavy atom. The Balaban J connectivity index is 2.35. The number of nitrogens with one attached hydrogen (secondary N) is 1. The van der Waals surface area contributed by atoms with Crippen LogP contribution in [0.1, 0.15) is 24.4 Å². The Hall–Kier alpha value is -1.16. The molecule has 15 heavy (non-hydrogen) atoms. The zero-order valence-electron chi connectivity index (χ0n) is 8.52. The lowest BCUT2D eigenvalue weighted by Crippen LogP contribution is -2.14. The summed E-state index contributed by atoms with van der Waals surface area (Å²) >= 11 is 0. The number of rotatable bonds is 2. The number of benzene rings is 1. The van der Waals surface area contributed by atoms with E-state index in [4.69, 9.17) is 4.74 Å². The third-order valence-electron chi connectivity index (χ3n) is 2.71. The van der Waals surface area contributed by atoms with Crippen molar-refractivity contribution in [3.8, 4) is 5.75 Å². The van der Waals surface area contributed by atoms with Crippen LogP contribution in [0.15, 0.2) is 12.1 Å². The largest absolute Gasteiger partial charge is 0.494 e. The van der Waals surface area contributed by atoms with Gasteiger partial charge in [-0.15, -0.1) is 0 Å². The Bertz CT molecular complexity index is 362. The van der Waals surface area contributed by atoms with Gasteiger partial charge in [0.15, 0.2) is 11.6 Å². The van der Waals surface area contributed by atoms with Crippen molar-refractivity contribution in [3.63, 3.8) is 0 Å². The van der Waals surface area contributed by atoms with Gasteiger partial charge in [0.1, 0.15) is 5.82 Å². The third-order valence-corrected chi connectivity index (χ3v) is 2.71. The summed E-state index contributed by atoms with van der Waals surface area (Å²) in [6.07, 6.45) is 1.85. The molecule has 1 aromatic rings. The van der Waals surface area contributed by atoms with Gasteiger partial charge in [-0.3, -0.25) is 0 Å². The topological polar surface area (TPSA) is 21.3 Å². The molecule has 1 heterocycles. The van der Waals surface area contributed by atoms with Gasteiger partial charge in [-0.25, -0.2) is 8.78 Å². The average molecular weight is 213 g/mol. The molecule has 0 radical (unpaired) electrons. The highest BCUT2D eigenvalue weighted by molar-refractivity contribution is 5.32. The average Bonchev–Trinajstić information content (AvgIpc) is 2.74. The number of methoxy groups -OCH3 is 1.